The van der Waals surface area contributed by atoms with E-state index in [2.05, 4.69) is 10.5 Å². The molecule has 0 aromatic heterocycles. The lowest BCUT2D eigenvalue weighted by Gasteiger charge is -2.26. The van der Waals surface area contributed by atoms with Gasteiger partial charge in [-0.15, -0.1) is 11.8 Å². The SMILES string of the molecule is COc1ccc(SCC(=O)N/N=C/c2ccc(OCC(=O)N3CCOCC3)cc2)cc1. The fourth-order valence-electron chi connectivity index (χ4n) is 2.73. The summed E-state index contributed by atoms with van der Waals surface area (Å²) in [6, 6.07) is 14.6. The Labute approximate surface area is 185 Å². The Bertz CT molecular complexity index is 881. The Morgan fingerprint density at radius 2 is 1.77 bits per heavy atom. The highest BCUT2D eigenvalue weighted by Gasteiger charge is 2.17. The van der Waals surface area contributed by atoms with Crippen LogP contribution < -0.4 is 14.9 Å². The zero-order valence-corrected chi connectivity index (χ0v) is 18.1. The number of hydrogen-bond acceptors (Lipinski definition) is 7. The lowest BCUT2D eigenvalue weighted by Crippen LogP contribution is -2.42. The van der Waals surface area contributed by atoms with E-state index in [9.17, 15) is 9.59 Å². The molecule has 164 valence electrons. The summed E-state index contributed by atoms with van der Waals surface area (Å²) in [4.78, 5) is 26.7. The van der Waals surface area contributed by atoms with E-state index in [0.29, 0.717) is 32.1 Å². The van der Waals surface area contributed by atoms with Crippen molar-refractivity contribution in [1.29, 1.82) is 0 Å². The van der Waals surface area contributed by atoms with Gasteiger partial charge >= 0.3 is 0 Å². The molecule has 1 aliphatic heterocycles. The zero-order valence-electron chi connectivity index (χ0n) is 17.3. The van der Waals surface area contributed by atoms with Crippen LogP contribution in [0, 0.1) is 0 Å². The summed E-state index contributed by atoms with van der Waals surface area (Å²) in [5.74, 6) is 1.38. The number of nitrogens with zero attached hydrogens (tertiary/aromatic N) is 2. The van der Waals surface area contributed by atoms with Crippen molar-refractivity contribution < 1.29 is 23.8 Å². The molecular formula is C22H25N3O5S. The highest BCUT2D eigenvalue weighted by molar-refractivity contribution is 8.00. The van der Waals surface area contributed by atoms with Crippen molar-refractivity contribution in [1.82, 2.24) is 10.3 Å². The second kappa shape index (κ2) is 12.0. The van der Waals surface area contributed by atoms with Gasteiger partial charge in [-0.25, -0.2) is 5.43 Å². The number of thioether (sulfide) groups is 1. The van der Waals surface area contributed by atoms with Gasteiger partial charge in [-0.2, -0.15) is 5.10 Å². The standard InChI is InChI=1S/C22H25N3O5S/c1-28-18-6-8-20(9-7-18)31-16-21(26)24-23-14-17-2-4-19(5-3-17)30-15-22(27)25-10-12-29-13-11-25/h2-9,14H,10-13,15-16H2,1H3,(H,24,26)/b23-14+. The summed E-state index contributed by atoms with van der Waals surface area (Å²) in [6.07, 6.45) is 1.55. The number of ether oxygens (including phenoxy) is 3. The summed E-state index contributed by atoms with van der Waals surface area (Å²) >= 11 is 1.42. The third-order valence-corrected chi connectivity index (χ3v) is 5.45. The monoisotopic (exact) mass is 443 g/mol. The largest absolute Gasteiger partial charge is 0.497 e. The summed E-state index contributed by atoms with van der Waals surface area (Å²) in [5, 5.41) is 3.97. The molecule has 1 saturated heterocycles. The molecule has 1 heterocycles. The molecule has 2 amide bonds. The average molecular weight is 444 g/mol. The van der Waals surface area contributed by atoms with E-state index in [-0.39, 0.29) is 24.2 Å². The van der Waals surface area contributed by atoms with E-state index in [1.54, 1.807) is 42.5 Å². The van der Waals surface area contributed by atoms with Crippen LogP contribution in [0.1, 0.15) is 5.56 Å². The summed E-state index contributed by atoms with van der Waals surface area (Å²) in [7, 11) is 1.61. The minimum Gasteiger partial charge on any atom is -0.497 e. The third-order valence-electron chi connectivity index (χ3n) is 4.44. The van der Waals surface area contributed by atoms with Crippen LogP contribution in [0.2, 0.25) is 0 Å². The van der Waals surface area contributed by atoms with Gasteiger partial charge in [0, 0.05) is 18.0 Å². The lowest BCUT2D eigenvalue weighted by atomic mass is 10.2. The molecule has 1 fully saturated rings. The molecule has 9 heteroatoms. The molecule has 0 bridgehead atoms. The summed E-state index contributed by atoms with van der Waals surface area (Å²) in [5.41, 5.74) is 3.31. The highest BCUT2D eigenvalue weighted by atomic mass is 32.2. The number of hydrogen-bond donors (Lipinski definition) is 1. The number of benzene rings is 2. The van der Waals surface area contributed by atoms with Gasteiger partial charge in [0.05, 0.1) is 32.3 Å². The second-order valence-corrected chi connectivity index (χ2v) is 7.66. The molecule has 0 atom stereocenters. The fourth-order valence-corrected chi connectivity index (χ4v) is 3.42. The number of rotatable bonds is 9. The van der Waals surface area contributed by atoms with Crippen LogP contribution in [0.4, 0.5) is 0 Å². The maximum atomic E-state index is 12.1. The minimum atomic E-state index is -0.196. The molecule has 31 heavy (non-hydrogen) atoms. The van der Waals surface area contributed by atoms with Gasteiger partial charge in [-0.1, -0.05) is 0 Å². The normalized spacial score (nSPS) is 13.8. The van der Waals surface area contributed by atoms with Gasteiger partial charge in [0.25, 0.3) is 5.91 Å². The van der Waals surface area contributed by atoms with Crippen molar-refractivity contribution >= 4 is 29.8 Å². The topological polar surface area (TPSA) is 89.5 Å². The van der Waals surface area contributed by atoms with Gasteiger partial charge in [0.1, 0.15) is 11.5 Å². The Hall–Kier alpha value is -3.04. The molecule has 0 radical (unpaired) electrons. The molecule has 0 spiro atoms. The van der Waals surface area contributed by atoms with E-state index >= 15 is 0 Å². The number of nitrogens with one attached hydrogen (secondary N) is 1. The Balaban J connectivity index is 1.37. The van der Waals surface area contributed by atoms with E-state index in [1.807, 2.05) is 24.3 Å². The van der Waals surface area contributed by atoms with Crippen molar-refractivity contribution in [2.75, 3.05) is 45.8 Å². The molecule has 0 unspecified atom stereocenters. The number of amides is 2. The van der Waals surface area contributed by atoms with E-state index in [0.717, 1.165) is 16.2 Å². The van der Waals surface area contributed by atoms with Crippen LogP contribution in [0.5, 0.6) is 11.5 Å². The predicted molar refractivity (Wildman–Crippen MR) is 119 cm³/mol. The maximum Gasteiger partial charge on any atom is 0.260 e. The molecule has 3 rings (SSSR count). The minimum absolute atomic E-state index is 0.00461. The third kappa shape index (κ3) is 7.62. The van der Waals surface area contributed by atoms with E-state index < -0.39 is 0 Å². The molecule has 0 aliphatic carbocycles. The van der Waals surface area contributed by atoms with Crippen LogP contribution in [-0.4, -0.2) is 68.7 Å². The van der Waals surface area contributed by atoms with Gasteiger partial charge in [-0.05, 0) is 54.1 Å². The molecule has 8 nitrogen and oxygen atoms in total. The van der Waals surface area contributed by atoms with Crippen LogP contribution in [0.25, 0.3) is 0 Å². The number of carbonyl (C=O) groups is 2. The Kier molecular flexibility index (Phi) is 8.74. The number of hydrazone groups is 1. The smallest absolute Gasteiger partial charge is 0.260 e. The predicted octanol–water partition coefficient (Wildman–Crippen LogP) is 2.18. The first kappa shape index (κ1) is 22.6. The average Bonchev–Trinajstić information content (AvgIpc) is 2.83. The van der Waals surface area contributed by atoms with E-state index in [1.165, 1.54) is 11.8 Å². The van der Waals surface area contributed by atoms with E-state index in [4.69, 9.17) is 14.2 Å². The number of carbonyl (C=O) groups excluding carboxylic acids is 2. The van der Waals surface area contributed by atoms with Crippen molar-refractivity contribution in [2.45, 2.75) is 4.90 Å². The van der Waals surface area contributed by atoms with Gasteiger partial charge in [0.2, 0.25) is 5.91 Å². The van der Waals surface area contributed by atoms with Gasteiger partial charge in [0.15, 0.2) is 6.61 Å². The highest BCUT2D eigenvalue weighted by Crippen LogP contribution is 2.20. The van der Waals surface area contributed by atoms with Crippen LogP contribution in [-0.2, 0) is 14.3 Å². The molecule has 0 saturated carbocycles. The quantitative estimate of drug-likeness (QED) is 0.363. The first-order valence-corrected chi connectivity index (χ1v) is 10.8. The summed E-state index contributed by atoms with van der Waals surface area (Å²) < 4.78 is 15.9. The second-order valence-electron chi connectivity index (χ2n) is 6.61. The molecule has 1 N–H and O–H groups in total. The van der Waals surface area contributed by atoms with Crippen LogP contribution >= 0.6 is 11.8 Å². The van der Waals surface area contributed by atoms with Crippen molar-refractivity contribution in [3.8, 4) is 11.5 Å². The van der Waals surface area contributed by atoms with Crippen molar-refractivity contribution in [2.24, 2.45) is 5.10 Å². The first-order chi connectivity index (χ1) is 15.1. The summed E-state index contributed by atoms with van der Waals surface area (Å²) in [6.45, 7) is 2.33. The van der Waals surface area contributed by atoms with Crippen molar-refractivity contribution in [3.63, 3.8) is 0 Å². The molecule has 2 aromatic carbocycles. The zero-order chi connectivity index (χ0) is 21.9. The van der Waals surface area contributed by atoms with Gasteiger partial charge < -0.3 is 19.1 Å². The van der Waals surface area contributed by atoms with Gasteiger partial charge in [-0.3, -0.25) is 9.59 Å². The number of morpholine rings is 1. The lowest BCUT2D eigenvalue weighted by molar-refractivity contribution is -0.137. The van der Waals surface area contributed by atoms with Crippen LogP contribution in [0.3, 0.4) is 0 Å². The Morgan fingerprint density at radius 3 is 2.45 bits per heavy atom. The van der Waals surface area contributed by atoms with Crippen molar-refractivity contribution in [3.05, 3.63) is 54.1 Å². The fraction of sp³-hybridized carbons (Fsp3) is 0.318. The van der Waals surface area contributed by atoms with Crippen LogP contribution in [0.15, 0.2) is 58.5 Å². The molecule has 1 aliphatic rings. The Morgan fingerprint density at radius 1 is 1.10 bits per heavy atom. The first-order valence-electron chi connectivity index (χ1n) is 9.81. The molecule has 2 aromatic rings. The number of methoxy groups -OCH3 is 1. The maximum absolute atomic E-state index is 12.1. The molecular weight excluding hydrogens is 418 g/mol.